The van der Waals surface area contributed by atoms with Crippen LogP contribution in [0.4, 0.5) is 4.39 Å². The molecule has 0 aliphatic rings. The molecule has 0 bridgehead atoms. The molecule has 4 aromatic rings. The van der Waals surface area contributed by atoms with Crippen molar-refractivity contribution in [1.29, 1.82) is 0 Å². The van der Waals surface area contributed by atoms with Crippen LogP contribution < -0.4 is 0 Å². The van der Waals surface area contributed by atoms with Gasteiger partial charge in [-0.15, -0.1) is 10.2 Å². The van der Waals surface area contributed by atoms with Gasteiger partial charge in [-0.05, 0) is 42.5 Å². The highest BCUT2D eigenvalue weighted by Crippen LogP contribution is 2.30. The number of halogens is 2. The lowest BCUT2D eigenvalue weighted by molar-refractivity contribution is 0.630. The van der Waals surface area contributed by atoms with Gasteiger partial charge in [-0.2, -0.15) is 0 Å². The summed E-state index contributed by atoms with van der Waals surface area (Å²) in [5.74, 6) is 0.484. The highest BCUT2D eigenvalue weighted by Gasteiger charge is 2.14. The summed E-state index contributed by atoms with van der Waals surface area (Å²) in [6, 6.07) is 12.1. The maximum Gasteiger partial charge on any atom is 0.217 e. The van der Waals surface area contributed by atoms with E-state index in [4.69, 9.17) is 11.6 Å². The van der Waals surface area contributed by atoms with Crippen LogP contribution in [0.15, 0.2) is 42.5 Å². The minimum absolute atomic E-state index is 0.247. The highest BCUT2D eigenvalue weighted by molar-refractivity contribution is 7.23. The molecule has 0 fully saturated rings. The summed E-state index contributed by atoms with van der Waals surface area (Å²) < 4.78 is 16.1. The molecule has 0 spiro atoms. The van der Waals surface area contributed by atoms with E-state index < -0.39 is 0 Å². The molecule has 0 saturated carbocycles. The first-order chi connectivity index (χ1) is 9.72. The van der Waals surface area contributed by atoms with Crippen molar-refractivity contribution in [2.45, 2.75) is 0 Å². The molecule has 0 amide bonds. The Balaban J connectivity index is 2.04. The monoisotopic (exact) mass is 303 g/mol. The van der Waals surface area contributed by atoms with E-state index in [1.54, 1.807) is 6.07 Å². The normalized spacial score (nSPS) is 11.5. The molecule has 2 aromatic heterocycles. The highest BCUT2D eigenvalue weighted by atomic mass is 35.5. The Morgan fingerprint density at radius 1 is 1.05 bits per heavy atom. The molecule has 0 unspecified atom stereocenters. The Kier molecular flexibility index (Phi) is 2.52. The molecule has 20 heavy (non-hydrogen) atoms. The molecule has 2 aromatic carbocycles. The number of aromatic nitrogens is 3. The quantitative estimate of drug-likeness (QED) is 0.521. The van der Waals surface area contributed by atoms with Gasteiger partial charge in [0.2, 0.25) is 4.96 Å². The lowest BCUT2D eigenvalue weighted by atomic mass is 10.2. The van der Waals surface area contributed by atoms with E-state index in [1.807, 2.05) is 28.7 Å². The second-order valence-electron chi connectivity index (χ2n) is 4.36. The average Bonchev–Trinajstić information content (AvgIpc) is 2.98. The van der Waals surface area contributed by atoms with Crippen LogP contribution in [-0.2, 0) is 0 Å². The summed E-state index contributed by atoms with van der Waals surface area (Å²) in [5.41, 5.74) is 1.83. The first-order valence-electron chi connectivity index (χ1n) is 5.91. The van der Waals surface area contributed by atoms with Crippen molar-refractivity contribution in [1.82, 2.24) is 14.6 Å². The number of rotatable bonds is 1. The smallest absolute Gasteiger partial charge is 0.217 e. The fraction of sp³-hybridized carbons (Fsp3) is 0. The van der Waals surface area contributed by atoms with E-state index in [2.05, 4.69) is 10.2 Å². The third-order valence-electron chi connectivity index (χ3n) is 3.10. The summed E-state index contributed by atoms with van der Waals surface area (Å²) >= 11 is 7.32. The number of thiazole rings is 1. The molecule has 0 N–H and O–H groups in total. The van der Waals surface area contributed by atoms with Crippen molar-refractivity contribution >= 4 is 38.1 Å². The van der Waals surface area contributed by atoms with Crippen LogP contribution >= 0.6 is 22.9 Å². The first-order valence-corrected chi connectivity index (χ1v) is 7.11. The van der Waals surface area contributed by atoms with Gasteiger partial charge in [0, 0.05) is 10.6 Å². The number of hydrogen-bond donors (Lipinski definition) is 0. The zero-order valence-corrected chi connectivity index (χ0v) is 11.6. The number of hydrogen-bond acceptors (Lipinski definition) is 3. The van der Waals surface area contributed by atoms with Crippen LogP contribution in [0, 0.1) is 5.82 Å². The molecular formula is C14H7ClFN3S. The molecule has 6 heteroatoms. The van der Waals surface area contributed by atoms with Crippen molar-refractivity contribution in [3.63, 3.8) is 0 Å². The SMILES string of the molecule is Fc1ccc2c(c1)sc1nnc(-c3ccc(Cl)cc3)n12. The van der Waals surface area contributed by atoms with Gasteiger partial charge in [-0.25, -0.2) is 4.39 Å². The maximum atomic E-state index is 13.3. The number of benzene rings is 2. The van der Waals surface area contributed by atoms with Crippen molar-refractivity contribution in [2.75, 3.05) is 0 Å². The van der Waals surface area contributed by atoms with Crippen molar-refractivity contribution in [3.8, 4) is 11.4 Å². The molecule has 98 valence electrons. The second kappa shape index (κ2) is 4.26. The Hall–Kier alpha value is -1.98. The molecule has 0 radical (unpaired) electrons. The van der Waals surface area contributed by atoms with E-state index in [1.165, 1.54) is 23.5 Å². The van der Waals surface area contributed by atoms with Gasteiger partial charge >= 0.3 is 0 Å². The maximum absolute atomic E-state index is 13.3. The average molecular weight is 304 g/mol. The van der Waals surface area contributed by atoms with Crippen LogP contribution in [0.2, 0.25) is 5.02 Å². The summed E-state index contributed by atoms with van der Waals surface area (Å²) in [7, 11) is 0. The summed E-state index contributed by atoms with van der Waals surface area (Å²) in [6.07, 6.45) is 0. The van der Waals surface area contributed by atoms with Crippen LogP contribution in [0.3, 0.4) is 0 Å². The first kappa shape index (κ1) is 11.8. The van der Waals surface area contributed by atoms with E-state index in [0.717, 1.165) is 26.6 Å². The zero-order valence-electron chi connectivity index (χ0n) is 10.0. The van der Waals surface area contributed by atoms with Crippen LogP contribution in [0.5, 0.6) is 0 Å². The Morgan fingerprint density at radius 2 is 1.85 bits per heavy atom. The van der Waals surface area contributed by atoms with Gasteiger partial charge in [-0.3, -0.25) is 4.40 Å². The minimum atomic E-state index is -0.247. The third kappa shape index (κ3) is 1.71. The molecule has 0 saturated heterocycles. The van der Waals surface area contributed by atoms with Gasteiger partial charge in [-0.1, -0.05) is 22.9 Å². The Bertz CT molecular complexity index is 927. The van der Waals surface area contributed by atoms with E-state index in [9.17, 15) is 4.39 Å². The van der Waals surface area contributed by atoms with Crippen LogP contribution in [0.25, 0.3) is 26.6 Å². The second-order valence-corrected chi connectivity index (χ2v) is 5.81. The lowest BCUT2D eigenvalue weighted by Crippen LogP contribution is -1.88. The van der Waals surface area contributed by atoms with Gasteiger partial charge in [0.1, 0.15) is 5.82 Å². The molecule has 3 nitrogen and oxygen atoms in total. The van der Waals surface area contributed by atoms with Gasteiger partial charge in [0.25, 0.3) is 0 Å². The minimum Gasteiger partial charge on any atom is -0.265 e. The van der Waals surface area contributed by atoms with E-state index in [0.29, 0.717) is 5.02 Å². The topological polar surface area (TPSA) is 30.2 Å². The number of nitrogens with zero attached hydrogens (tertiary/aromatic N) is 3. The molecule has 2 heterocycles. The molecule has 4 rings (SSSR count). The predicted molar refractivity (Wildman–Crippen MR) is 78.8 cm³/mol. The van der Waals surface area contributed by atoms with Gasteiger partial charge < -0.3 is 0 Å². The third-order valence-corrected chi connectivity index (χ3v) is 4.35. The molecular weight excluding hydrogens is 297 g/mol. The fourth-order valence-corrected chi connectivity index (χ4v) is 3.31. The van der Waals surface area contributed by atoms with Gasteiger partial charge in [0.05, 0.1) is 10.2 Å². The van der Waals surface area contributed by atoms with Crippen molar-refractivity contribution in [3.05, 3.63) is 53.3 Å². The van der Waals surface area contributed by atoms with Crippen LogP contribution in [-0.4, -0.2) is 14.6 Å². The van der Waals surface area contributed by atoms with Crippen molar-refractivity contribution < 1.29 is 4.39 Å². The van der Waals surface area contributed by atoms with E-state index in [-0.39, 0.29) is 5.82 Å². The molecule has 0 atom stereocenters. The largest absolute Gasteiger partial charge is 0.265 e. The van der Waals surface area contributed by atoms with Gasteiger partial charge in [0.15, 0.2) is 5.82 Å². The summed E-state index contributed by atoms with van der Waals surface area (Å²) in [4.78, 5) is 0.746. The van der Waals surface area contributed by atoms with Crippen molar-refractivity contribution in [2.24, 2.45) is 0 Å². The Labute approximate surface area is 122 Å². The number of fused-ring (bicyclic) bond motifs is 3. The summed E-state index contributed by atoms with van der Waals surface area (Å²) in [6.45, 7) is 0. The van der Waals surface area contributed by atoms with Crippen LogP contribution in [0.1, 0.15) is 0 Å². The lowest BCUT2D eigenvalue weighted by Gasteiger charge is -1.99. The standard InChI is InChI=1S/C14H7ClFN3S/c15-9-3-1-8(2-4-9)13-17-18-14-19(13)11-6-5-10(16)7-12(11)20-14/h1-7H. The zero-order chi connectivity index (χ0) is 13.7. The fourth-order valence-electron chi connectivity index (χ4n) is 2.19. The predicted octanol–water partition coefficient (Wildman–Crippen LogP) is 4.40. The molecule has 0 aliphatic carbocycles. The van der Waals surface area contributed by atoms with E-state index >= 15 is 0 Å². The summed E-state index contributed by atoms with van der Waals surface area (Å²) in [5, 5.41) is 9.05. The Morgan fingerprint density at radius 3 is 2.65 bits per heavy atom. The molecule has 0 aliphatic heterocycles.